The van der Waals surface area contributed by atoms with Crippen molar-refractivity contribution in [1.82, 2.24) is 14.9 Å². The first-order chi connectivity index (χ1) is 13.3. The number of H-pyrrole nitrogens is 1. The van der Waals surface area contributed by atoms with Crippen LogP contribution < -0.4 is 15.2 Å². The Bertz CT molecular complexity index is 918. The summed E-state index contributed by atoms with van der Waals surface area (Å²) in [5.74, 6) is 0.326. The van der Waals surface area contributed by atoms with Crippen LogP contribution in [0.2, 0.25) is 0 Å². The molecule has 0 spiro atoms. The lowest BCUT2D eigenvalue weighted by atomic mass is 10.2. The second-order valence-corrected chi connectivity index (χ2v) is 7.32. The lowest BCUT2D eigenvalue weighted by Gasteiger charge is -2.35. The molecule has 1 saturated heterocycles. The number of nitrogens with zero attached hydrogens (tertiary/aromatic N) is 3. The van der Waals surface area contributed by atoms with Gasteiger partial charge < -0.3 is 9.64 Å². The average molecular weight is 400 g/mol. The number of ether oxygens (including phenoxy) is 1. The van der Waals surface area contributed by atoms with Gasteiger partial charge in [0.2, 0.25) is 5.95 Å². The van der Waals surface area contributed by atoms with E-state index < -0.39 is 24.1 Å². The SMILES string of the molecule is O=c1[nH]c(N2CCN(CC(F)(F)F)CC2)nc2cc(OCC3CC3)cc(F)c12. The minimum Gasteiger partial charge on any atom is -0.493 e. The lowest BCUT2D eigenvalue weighted by Crippen LogP contribution is -2.49. The van der Waals surface area contributed by atoms with Crippen LogP contribution in [0.4, 0.5) is 23.5 Å². The maximum absolute atomic E-state index is 14.4. The average Bonchev–Trinajstić information content (AvgIpc) is 3.43. The van der Waals surface area contributed by atoms with E-state index in [1.807, 2.05) is 0 Å². The van der Waals surface area contributed by atoms with E-state index in [1.165, 1.54) is 17.0 Å². The molecule has 2 aliphatic rings. The van der Waals surface area contributed by atoms with E-state index in [0.29, 0.717) is 18.3 Å². The summed E-state index contributed by atoms with van der Waals surface area (Å²) in [5, 5.41) is -0.154. The summed E-state index contributed by atoms with van der Waals surface area (Å²) in [7, 11) is 0. The molecule has 2 fully saturated rings. The Morgan fingerprint density at radius 1 is 1.18 bits per heavy atom. The van der Waals surface area contributed by atoms with Gasteiger partial charge in [0.15, 0.2) is 0 Å². The van der Waals surface area contributed by atoms with Gasteiger partial charge in [-0.25, -0.2) is 9.37 Å². The molecular weight excluding hydrogens is 380 g/mol. The predicted molar refractivity (Wildman–Crippen MR) is 95.2 cm³/mol. The maximum Gasteiger partial charge on any atom is 0.401 e. The van der Waals surface area contributed by atoms with Crippen LogP contribution in [0.3, 0.4) is 0 Å². The Hall–Kier alpha value is -2.36. The number of piperazine rings is 1. The molecule has 2 aromatic rings. The normalized spacial score (nSPS) is 18.6. The Morgan fingerprint density at radius 2 is 1.89 bits per heavy atom. The van der Waals surface area contributed by atoms with Crippen LogP contribution in [-0.4, -0.2) is 60.4 Å². The molecule has 152 valence electrons. The van der Waals surface area contributed by atoms with Crippen molar-refractivity contribution in [2.45, 2.75) is 19.0 Å². The Labute approximate surface area is 158 Å². The summed E-state index contributed by atoms with van der Waals surface area (Å²) in [4.78, 5) is 22.2. The van der Waals surface area contributed by atoms with Crippen LogP contribution in [0.5, 0.6) is 5.75 Å². The van der Waals surface area contributed by atoms with Crippen molar-refractivity contribution < 1.29 is 22.3 Å². The molecule has 6 nitrogen and oxygen atoms in total. The third kappa shape index (κ3) is 4.37. The number of rotatable bonds is 5. The van der Waals surface area contributed by atoms with E-state index in [9.17, 15) is 22.4 Å². The number of hydrogen-bond acceptors (Lipinski definition) is 5. The number of nitrogens with one attached hydrogen (secondary N) is 1. The van der Waals surface area contributed by atoms with Crippen LogP contribution in [0.25, 0.3) is 10.9 Å². The van der Waals surface area contributed by atoms with Crippen LogP contribution in [0, 0.1) is 11.7 Å². The highest BCUT2D eigenvalue weighted by molar-refractivity contribution is 5.80. The zero-order valence-electron chi connectivity index (χ0n) is 15.1. The number of anilines is 1. The summed E-state index contributed by atoms with van der Waals surface area (Å²) >= 11 is 0. The van der Waals surface area contributed by atoms with Gasteiger partial charge in [-0.1, -0.05) is 0 Å². The van der Waals surface area contributed by atoms with Gasteiger partial charge in [-0.05, 0) is 18.8 Å². The third-order valence-electron chi connectivity index (χ3n) is 4.98. The first-order valence-corrected chi connectivity index (χ1v) is 9.19. The Kier molecular flexibility index (Phi) is 4.90. The fourth-order valence-corrected chi connectivity index (χ4v) is 3.29. The molecule has 2 heterocycles. The van der Waals surface area contributed by atoms with Crippen LogP contribution >= 0.6 is 0 Å². The van der Waals surface area contributed by atoms with Gasteiger partial charge in [-0.15, -0.1) is 0 Å². The van der Waals surface area contributed by atoms with Crippen molar-refractivity contribution in [2.24, 2.45) is 5.92 Å². The highest BCUT2D eigenvalue weighted by Crippen LogP contribution is 2.30. The Balaban J connectivity index is 1.53. The van der Waals surface area contributed by atoms with Crippen molar-refractivity contribution in [2.75, 3.05) is 44.2 Å². The molecule has 1 aromatic carbocycles. The number of halogens is 4. The molecule has 28 heavy (non-hydrogen) atoms. The maximum atomic E-state index is 14.4. The largest absolute Gasteiger partial charge is 0.493 e. The van der Waals surface area contributed by atoms with Gasteiger partial charge in [0.05, 0.1) is 18.7 Å². The van der Waals surface area contributed by atoms with Crippen LogP contribution in [0.15, 0.2) is 16.9 Å². The summed E-state index contributed by atoms with van der Waals surface area (Å²) in [6, 6.07) is 2.71. The highest BCUT2D eigenvalue weighted by Gasteiger charge is 2.32. The molecule has 0 bridgehead atoms. The van der Waals surface area contributed by atoms with Crippen molar-refractivity contribution in [3.63, 3.8) is 0 Å². The van der Waals surface area contributed by atoms with Crippen LogP contribution in [-0.2, 0) is 0 Å². The fourth-order valence-electron chi connectivity index (χ4n) is 3.29. The topological polar surface area (TPSA) is 61.5 Å². The smallest absolute Gasteiger partial charge is 0.401 e. The van der Waals surface area contributed by atoms with Crippen molar-refractivity contribution >= 4 is 16.9 Å². The van der Waals surface area contributed by atoms with E-state index in [1.54, 1.807) is 4.90 Å². The molecule has 4 rings (SSSR count). The number of aromatic nitrogens is 2. The van der Waals surface area contributed by atoms with E-state index in [4.69, 9.17) is 4.74 Å². The summed E-state index contributed by atoms with van der Waals surface area (Å²) in [5.41, 5.74) is -0.453. The van der Waals surface area contributed by atoms with Crippen molar-refractivity contribution in [1.29, 1.82) is 0 Å². The molecule has 0 atom stereocenters. The standard InChI is InChI=1S/C18H20F4N4O2/c19-13-7-12(28-9-11-1-2-11)8-14-15(13)16(27)24-17(23-14)26-5-3-25(4-6-26)10-18(20,21)22/h7-8,11H,1-6,9-10H2,(H,23,24,27). The summed E-state index contributed by atoms with van der Waals surface area (Å²) in [6.07, 6.45) is -2.05. The van der Waals surface area contributed by atoms with E-state index in [-0.39, 0.29) is 43.0 Å². The Morgan fingerprint density at radius 3 is 2.54 bits per heavy atom. The summed E-state index contributed by atoms with van der Waals surface area (Å²) < 4.78 is 57.5. The number of alkyl halides is 3. The number of hydrogen-bond donors (Lipinski definition) is 1. The minimum absolute atomic E-state index is 0.154. The van der Waals surface area contributed by atoms with E-state index >= 15 is 0 Å². The van der Waals surface area contributed by atoms with E-state index in [0.717, 1.165) is 12.8 Å². The first kappa shape index (κ1) is 19.0. The zero-order valence-corrected chi connectivity index (χ0v) is 15.1. The molecule has 10 heteroatoms. The zero-order chi connectivity index (χ0) is 19.9. The molecule has 0 amide bonds. The fraction of sp³-hybridized carbons (Fsp3) is 0.556. The lowest BCUT2D eigenvalue weighted by molar-refractivity contribution is -0.146. The molecule has 0 radical (unpaired) electrons. The van der Waals surface area contributed by atoms with Gasteiger partial charge in [0.25, 0.3) is 5.56 Å². The monoisotopic (exact) mass is 400 g/mol. The predicted octanol–water partition coefficient (Wildman–Crippen LogP) is 2.54. The second-order valence-electron chi connectivity index (χ2n) is 7.32. The molecule has 1 aromatic heterocycles. The van der Waals surface area contributed by atoms with Gasteiger partial charge in [-0.2, -0.15) is 13.2 Å². The minimum atomic E-state index is -4.24. The first-order valence-electron chi connectivity index (χ1n) is 9.19. The van der Waals surface area contributed by atoms with Gasteiger partial charge in [0.1, 0.15) is 17.0 Å². The molecular formula is C18H20F4N4O2. The van der Waals surface area contributed by atoms with Crippen molar-refractivity contribution in [3.05, 3.63) is 28.3 Å². The number of fused-ring (bicyclic) bond motifs is 1. The second kappa shape index (κ2) is 7.23. The molecule has 1 N–H and O–H groups in total. The van der Waals surface area contributed by atoms with Crippen LogP contribution in [0.1, 0.15) is 12.8 Å². The van der Waals surface area contributed by atoms with Gasteiger partial charge in [-0.3, -0.25) is 14.7 Å². The van der Waals surface area contributed by atoms with Gasteiger partial charge >= 0.3 is 6.18 Å². The third-order valence-corrected chi connectivity index (χ3v) is 4.98. The molecule has 1 aliphatic carbocycles. The molecule has 1 saturated carbocycles. The summed E-state index contributed by atoms with van der Waals surface area (Å²) in [6.45, 7) is 0.494. The molecule has 0 unspecified atom stereocenters. The molecule has 1 aliphatic heterocycles. The van der Waals surface area contributed by atoms with E-state index in [2.05, 4.69) is 9.97 Å². The number of aromatic amines is 1. The quantitative estimate of drug-likeness (QED) is 0.782. The number of benzene rings is 1. The van der Waals surface area contributed by atoms with Gasteiger partial charge in [0, 0.05) is 38.3 Å². The highest BCUT2D eigenvalue weighted by atomic mass is 19.4. The van der Waals surface area contributed by atoms with Crippen molar-refractivity contribution in [3.8, 4) is 5.75 Å².